The van der Waals surface area contributed by atoms with E-state index in [1.807, 2.05) is 6.07 Å². The molecule has 0 unspecified atom stereocenters. The van der Waals surface area contributed by atoms with Crippen LogP contribution in [0.5, 0.6) is 0 Å². The number of piperidine rings is 1. The number of anilines is 2. The summed E-state index contributed by atoms with van der Waals surface area (Å²) in [6, 6.07) is 15.0. The van der Waals surface area contributed by atoms with Crippen LogP contribution in [0.3, 0.4) is 0 Å². The number of hydrogen-bond donors (Lipinski definition) is 1. The first-order chi connectivity index (χ1) is 16.6. The van der Waals surface area contributed by atoms with Crippen LogP contribution in [-0.4, -0.2) is 34.5 Å². The lowest BCUT2D eigenvalue weighted by Gasteiger charge is -2.40. The number of rotatable bonds is 4. The number of likely N-dealkylation sites (tertiary alicyclic amines) is 1. The van der Waals surface area contributed by atoms with Crippen molar-refractivity contribution in [2.75, 3.05) is 24.5 Å². The van der Waals surface area contributed by atoms with Crippen LogP contribution in [0.15, 0.2) is 48.8 Å². The van der Waals surface area contributed by atoms with E-state index >= 15 is 0 Å². The average molecular weight is 474 g/mol. The predicted octanol–water partition coefficient (Wildman–Crippen LogP) is 5.32. The number of nitrogens with two attached hydrogens (primary N) is 1. The molecule has 1 aliphatic carbocycles. The third kappa shape index (κ3) is 3.53. The van der Waals surface area contributed by atoms with Crippen molar-refractivity contribution in [1.82, 2.24) is 14.9 Å². The zero-order valence-corrected chi connectivity index (χ0v) is 20.6. The maximum atomic E-state index is 6.72. The molecule has 3 aromatic rings. The molecule has 0 bridgehead atoms. The van der Waals surface area contributed by atoms with Gasteiger partial charge in [0.15, 0.2) is 0 Å². The van der Waals surface area contributed by atoms with Crippen LogP contribution in [0, 0.1) is 0 Å². The summed E-state index contributed by atoms with van der Waals surface area (Å²) < 4.78 is 0. The summed E-state index contributed by atoms with van der Waals surface area (Å²) in [6.07, 6.45) is 6.13. The predicted molar refractivity (Wildman–Crippen MR) is 138 cm³/mol. The van der Waals surface area contributed by atoms with Crippen LogP contribution in [0.4, 0.5) is 11.5 Å². The van der Waals surface area contributed by atoms with Crippen LogP contribution in [0.25, 0.3) is 0 Å². The van der Waals surface area contributed by atoms with E-state index in [1.54, 1.807) is 6.33 Å². The number of fused-ring (bicyclic) bond motifs is 3. The molecule has 2 aliphatic heterocycles. The van der Waals surface area contributed by atoms with Crippen molar-refractivity contribution in [3.8, 4) is 0 Å². The van der Waals surface area contributed by atoms with Crippen molar-refractivity contribution < 1.29 is 0 Å². The molecule has 34 heavy (non-hydrogen) atoms. The molecule has 1 atom stereocenters. The highest BCUT2D eigenvalue weighted by molar-refractivity contribution is 6.31. The second kappa shape index (κ2) is 8.63. The summed E-state index contributed by atoms with van der Waals surface area (Å²) >= 11 is 6.72. The molecular formula is C28H32ClN5. The van der Waals surface area contributed by atoms with E-state index in [9.17, 15) is 0 Å². The Morgan fingerprint density at radius 2 is 1.88 bits per heavy atom. The van der Waals surface area contributed by atoms with Crippen LogP contribution < -0.4 is 10.6 Å². The molecule has 2 N–H and O–H groups in total. The van der Waals surface area contributed by atoms with Gasteiger partial charge in [-0.25, -0.2) is 9.97 Å². The number of hydrogen-bond acceptors (Lipinski definition) is 5. The Labute approximate surface area is 207 Å². The van der Waals surface area contributed by atoms with Crippen LogP contribution in [-0.2, 0) is 24.9 Å². The van der Waals surface area contributed by atoms with Crippen molar-refractivity contribution in [1.29, 1.82) is 0 Å². The smallest absolute Gasteiger partial charge is 0.140 e. The standard InChI is InChI=1S/C28H32ClN5/c1-19-7-9-23-25(19)27(32-18-31-23)34-17-28(26-21(15-30)22(29)8-10-24(26)34)11-13-33(14-12-28)16-20-5-3-2-4-6-20/h2-6,8,10,18-19H,7,9,11-17,30H2,1H3/t19-/m1/s1. The van der Waals surface area contributed by atoms with E-state index in [2.05, 4.69) is 58.1 Å². The maximum absolute atomic E-state index is 6.72. The zero-order valence-electron chi connectivity index (χ0n) is 19.8. The highest BCUT2D eigenvalue weighted by atomic mass is 35.5. The SMILES string of the molecule is C[C@@H]1CCc2ncnc(N3CC4(CCN(Cc5ccccc5)CC4)c4c3ccc(Cl)c4CN)c21. The number of nitrogens with zero attached hydrogens (tertiary/aromatic N) is 4. The molecule has 0 amide bonds. The summed E-state index contributed by atoms with van der Waals surface area (Å²) in [4.78, 5) is 14.5. The molecule has 1 saturated heterocycles. The van der Waals surface area contributed by atoms with Gasteiger partial charge < -0.3 is 10.6 Å². The van der Waals surface area contributed by atoms with Gasteiger partial charge >= 0.3 is 0 Å². The van der Waals surface area contributed by atoms with Gasteiger partial charge in [-0.2, -0.15) is 0 Å². The molecule has 2 aromatic carbocycles. The summed E-state index contributed by atoms with van der Waals surface area (Å²) in [6.45, 7) is 6.84. The lowest BCUT2D eigenvalue weighted by atomic mass is 9.72. The first-order valence-corrected chi connectivity index (χ1v) is 12.9. The maximum Gasteiger partial charge on any atom is 0.140 e. The van der Waals surface area contributed by atoms with Gasteiger partial charge in [0.05, 0.1) is 0 Å². The van der Waals surface area contributed by atoms with E-state index in [-0.39, 0.29) is 5.41 Å². The van der Waals surface area contributed by atoms with Gasteiger partial charge in [-0.1, -0.05) is 48.9 Å². The van der Waals surface area contributed by atoms with Crippen molar-refractivity contribution in [3.63, 3.8) is 0 Å². The van der Waals surface area contributed by atoms with Gasteiger partial charge in [0.25, 0.3) is 0 Å². The minimum atomic E-state index is 0.0435. The van der Waals surface area contributed by atoms with Gasteiger partial charge in [-0.05, 0) is 73.5 Å². The first kappa shape index (κ1) is 22.0. The van der Waals surface area contributed by atoms with Gasteiger partial charge in [0, 0.05) is 47.0 Å². The molecule has 3 heterocycles. The largest absolute Gasteiger partial charge is 0.326 e. The van der Waals surface area contributed by atoms with E-state index in [0.717, 1.165) is 68.3 Å². The quantitative estimate of drug-likeness (QED) is 0.555. The van der Waals surface area contributed by atoms with Crippen molar-refractivity contribution in [2.45, 2.75) is 57.0 Å². The lowest BCUT2D eigenvalue weighted by Crippen LogP contribution is -2.45. The topological polar surface area (TPSA) is 58.3 Å². The molecule has 1 spiro atoms. The normalized spacial score (nSPS) is 21.1. The molecule has 1 aromatic heterocycles. The zero-order chi connectivity index (χ0) is 23.3. The molecule has 3 aliphatic rings. The molecule has 6 heteroatoms. The summed E-state index contributed by atoms with van der Waals surface area (Å²) in [7, 11) is 0. The molecular weight excluding hydrogens is 442 g/mol. The molecule has 5 nitrogen and oxygen atoms in total. The first-order valence-electron chi connectivity index (χ1n) is 12.5. The van der Waals surface area contributed by atoms with Gasteiger partial charge in [-0.3, -0.25) is 4.90 Å². The van der Waals surface area contributed by atoms with Gasteiger partial charge in [0.2, 0.25) is 0 Å². The van der Waals surface area contributed by atoms with Crippen molar-refractivity contribution in [2.24, 2.45) is 5.73 Å². The Morgan fingerprint density at radius 1 is 1.09 bits per heavy atom. The van der Waals surface area contributed by atoms with E-state index in [0.29, 0.717) is 12.5 Å². The molecule has 1 fully saturated rings. The van der Waals surface area contributed by atoms with Crippen molar-refractivity contribution >= 4 is 23.1 Å². The number of benzene rings is 2. The fraction of sp³-hybridized carbons (Fsp3) is 0.429. The fourth-order valence-electron chi connectivity index (χ4n) is 6.51. The number of halogens is 1. The van der Waals surface area contributed by atoms with Gasteiger partial charge in [-0.15, -0.1) is 0 Å². The van der Waals surface area contributed by atoms with E-state index in [4.69, 9.17) is 22.3 Å². The monoisotopic (exact) mass is 473 g/mol. The van der Waals surface area contributed by atoms with Crippen molar-refractivity contribution in [3.05, 3.63) is 81.8 Å². The summed E-state index contributed by atoms with van der Waals surface area (Å²) in [5.74, 6) is 1.57. The Morgan fingerprint density at radius 3 is 2.65 bits per heavy atom. The second-order valence-corrected chi connectivity index (χ2v) is 10.7. The molecule has 6 rings (SSSR count). The highest BCUT2D eigenvalue weighted by Gasteiger charge is 2.48. The number of aryl methyl sites for hydroxylation is 1. The molecule has 176 valence electrons. The third-order valence-corrected chi connectivity index (χ3v) is 8.64. The Bertz CT molecular complexity index is 1200. The second-order valence-electron chi connectivity index (χ2n) is 10.2. The van der Waals surface area contributed by atoms with Crippen LogP contribution in [0.2, 0.25) is 5.02 Å². The Kier molecular flexibility index (Phi) is 5.59. The fourth-order valence-corrected chi connectivity index (χ4v) is 6.74. The highest BCUT2D eigenvalue weighted by Crippen LogP contribution is 2.53. The molecule has 0 radical (unpaired) electrons. The minimum absolute atomic E-state index is 0.0435. The van der Waals surface area contributed by atoms with Gasteiger partial charge in [0.1, 0.15) is 12.1 Å². The Balaban J connectivity index is 1.37. The number of aromatic nitrogens is 2. The van der Waals surface area contributed by atoms with Crippen LogP contribution in [0.1, 0.15) is 60.1 Å². The lowest BCUT2D eigenvalue weighted by molar-refractivity contribution is 0.160. The summed E-state index contributed by atoms with van der Waals surface area (Å²) in [5.41, 5.74) is 14.0. The van der Waals surface area contributed by atoms with E-state index in [1.165, 1.54) is 28.1 Å². The minimum Gasteiger partial charge on any atom is -0.326 e. The average Bonchev–Trinajstić information content (AvgIpc) is 3.40. The summed E-state index contributed by atoms with van der Waals surface area (Å²) in [5, 5.41) is 0.787. The molecule has 0 saturated carbocycles. The van der Waals surface area contributed by atoms with E-state index < -0.39 is 0 Å². The Hall–Kier alpha value is -2.47. The third-order valence-electron chi connectivity index (χ3n) is 8.29. The van der Waals surface area contributed by atoms with Crippen LogP contribution >= 0.6 is 11.6 Å².